The maximum atomic E-state index is 12.4. The van der Waals surface area contributed by atoms with Crippen LogP contribution in [-0.2, 0) is 16.1 Å². The monoisotopic (exact) mass is 291 g/mol. The Morgan fingerprint density at radius 3 is 2.76 bits per heavy atom. The van der Waals surface area contributed by atoms with Crippen molar-refractivity contribution in [2.45, 2.75) is 51.4 Å². The molecule has 0 aromatic heterocycles. The van der Waals surface area contributed by atoms with Gasteiger partial charge in [0.25, 0.3) is 5.91 Å². The third-order valence-electron chi connectivity index (χ3n) is 4.07. The average molecular weight is 291 g/mol. The van der Waals surface area contributed by atoms with Gasteiger partial charge in [-0.2, -0.15) is 0 Å². The molecule has 1 aliphatic heterocycles. The minimum atomic E-state index is -0.650. The number of likely N-dealkylation sites (tertiary alicyclic amines) is 1. The van der Waals surface area contributed by atoms with Crippen LogP contribution in [0, 0.1) is 0 Å². The third-order valence-corrected chi connectivity index (χ3v) is 4.07. The summed E-state index contributed by atoms with van der Waals surface area (Å²) in [5.41, 5.74) is 0.416. The summed E-state index contributed by atoms with van der Waals surface area (Å²) in [6.45, 7) is 5.39. The second-order valence-electron chi connectivity index (χ2n) is 6.11. The van der Waals surface area contributed by atoms with Crippen molar-refractivity contribution in [3.8, 4) is 0 Å². The van der Waals surface area contributed by atoms with Gasteiger partial charge in [0.15, 0.2) is 0 Å². The van der Waals surface area contributed by atoms with Crippen LogP contribution in [0.5, 0.6) is 0 Å². The molecule has 2 atom stereocenters. The van der Waals surface area contributed by atoms with Crippen LogP contribution in [0.1, 0.15) is 38.7 Å². The number of carbonyl (C=O) groups is 1. The number of carbonyl (C=O) groups excluding carboxylic acids is 1. The van der Waals surface area contributed by atoms with E-state index in [0.29, 0.717) is 26.1 Å². The van der Waals surface area contributed by atoms with Crippen molar-refractivity contribution in [3.05, 3.63) is 35.9 Å². The Bertz CT molecular complexity index is 458. The molecule has 1 aromatic carbocycles. The SMILES string of the molecule is CC(OCc1ccccc1)C(=O)N1CCCC(C)(O)CC1. The van der Waals surface area contributed by atoms with E-state index in [2.05, 4.69) is 0 Å². The predicted octanol–water partition coefficient (Wildman–Crippen LogP) is 2.36. The van der Waals surface area contributed by atoms with Crippen LogP contribution >= 0.6 is 0 Å². The van der Waals surface area contributed by atoms with Crippen LogP contribution < -0.4 is 0 Å². The fourth-order valence-electron chi connectivity index (χ4n) is 2.61. The van der Waals surface area contributed by atoms with Gasteiger partial charge in [0.2, 0.25) is 0 Å². The second kappa shape index (κ2) is 7.05. The second-order valence-corrected chi connectivity index (χ2v) is 6.11. The Balaban J connectivity index is 1.84. The van der Waals surface area contributed by atoms with E-state index >= 15 is 0 Å². The molecule has 1 N–H and O–H groups in total. The molecule has 1 amide bonds. The van der Waals surface area contributed by atoms with Gasteiger partial charge in [-0.15, -0.1) is 0 Å². The summed E-state index contributed by atoms with van der Waals surface area (Å²) < 4.78 is 5.68. The van der Waals surface area contributed by atoms with E-state index in [1.165, 1.54) is 0 Å². The van der Waals surface area contributed by atoms with Crippen molar-refractivity contribution in [2.75, 3.05) is 13.1 Å². The molecule has 0 saturated carbocycles. The van der Waals surface area contributed by atoms with Gasteiger partial charge < -0.3 is 14.7 Å². The fraction of sp³-hybridized carbons (Fsp3) is 0.588. The number of benzene rings is 1. The average Bonchev–Trinajstić information content (AvgIpc) is 2.66. The zero-order valence-electron chi connectivity index (χ0n) is 12.9. The molecule has 1 heterocycles. The first-order valence-corrected chi connectivity index (χ1v) is 7.65. The maximum absolute atomic E-state index is 12.4. The van der Waals surface area contributed by atoms with Crippen molar-refractivity contribution in [1.82, 2.24) is 4.90 Å². The Kier molecular flexibility index (Phi) is 5.37. The molecule has 1 fully saturated rings. The fourth-order valence-corrected chi connectivity index (χ4v) is 2.61. The van der Waals surface area contributed by atoms with Crippen molar-refractivity contribution >= 4 is 5.91 Å². The number of amides is 1. The van der Waals surface area contributed by atoms with Gasteiger partial charge in [-0.1, -0.05) is 30.3 Å². The molecule has 116 valence electrons. The largest absolute Gasteiger partial charge is 0.390 e. The first kappa shape index (κ1) is 16.0. The molecule has 0 bridgehead atoms. The van der Waals surface area contributed by atoms with Crippen molar-refractivity contribution < 1.29 is 14.6 Å². The summed E-state index contributed by atoms with van der Waals surface area (Å²) >= 11 is 0. The molecular formula is C17H25NO3. The van der Waals surface area contributed by atoms with Crippen molar-refractivity contribution in [3.63, 3.8) is 0 Å². The summed E-state index contributed by atoms with van der Waals surface area (Å²) in [6.07, 6.45) is 1.76. The quantitative estimate of drug-likeness (QED) is 0.926. The first-order chi connectivity index (χ1) is 9.98. The minimum Gasteiger partial charge on any atom is -0.390 e. The molecular weight excluding hydrogens is 266 g/mol. The smallest absolute Gasteiger partial charge is 0.251 e. The third kappa shape index (κ3) is 4.83. The van der Waals surface area contributed by atoms with E-state index in [9.17, 15) is 9.90 Å². The zero-order valence-corrected chi connectivity index (χ0v) is 12.9. The molecule has 4 nitrogen and oxygen atoms in total. The van der Waals surface area contributed by atoms with Crippen LogP contribution in [0.15, 0.2) is 30.3 Å². The normalized spacial score (nSPS) is 24.4. The van der Waals surface area contributed by atoms with Crippen LogP contribution in [0.25, 0.3) is 0 Å². The summed E-state index contributed by atoms with van der Waals surface area (Å²) in [5, 5.41) is 10.1. The topological polar surface area (TPSA) is 49.8 Å². The number of nitrogens with zero attached hydrogens (tertiary/aromatic N) is 1. The van der Waals surface area contributed by atoms with Crippen LogP contribution in [0.4, 0.5) is 0 Å². The Labute approximate surface area is 126 Å². The first-order valence-electron chi connectivity index (χ1n) is 7.65. The number of hydrogen-bond acceptors (Lipinski definition) is 3. The summed E-state index contributed by atoms with van der Waals surface area (Å²) in [6, 6.07) is 9.85. The highest BCUT2D eigenvalue weighted by atomic mass is 16.5. The lowest BCUT2D eigenvalue weighted by Crippen LogP contribution is -2.40. The zero-order chi connectivity index (χ0) is 15.3. The molecule has 4 heteroatoms. The summed E-state index contributed by atoms with van der Waals surface area (Å²) in [5.74, 6) is 0.0173. The van der Waals surface area contributed by atoms with E-state index in [1.807, 2.05) is 42.2 Å². The van der Waals surface area contributed by atoms with Crippen LogP contribution in [0.2, 0.25) is 0 Å². The minimum absolute atomic E-state index is 0.0173. The van der Waals surface area contributed by atoms with Gasteiger partial charge in [-0.25, -0.2) is 0 Å². The van der Waals surface area contributed by atoms with Gasteiger partial charge >= 0.3 is 0 Å². The Morgan fingerprint density at radius 2 is 2.05 bits per heavy atom. The predicted molar refractivity (Wildman–Crippen MR) is 81.7 cm³/mol. The molecule has 1 aliphatic rings. The summed E-state index contributed by atoms with van der Waals surface area (Å²) in [7, 11) is 0. The molecule has 0 aliphatic carbocycles. The highest BCUT2D eigenvalue weighted by Gasteiger charge is 2.29. The molecule has 1 saturated heterocycles. The molecule has 2 rings (SSSR count). The number of aliphatic hydroxyl groups is 1. The lowest BCUT2D eigenvalue weighted by Gasteiger charge is -2.25. The van der Waals surface area contributed by atoms with E-state index < -0.39 is 11.7 Å². The van der Waals surface area contributed by atoms with Gasteiger partial charge in [0, 0.05) is 13.1 Å². The lowest BCUT2D eigenvalue weighted by molar-refractivity contribution is -0.143. The van der Waals surface area contributed by atoms with Gasteiger partial charge in [-0.05, 0) is 38.7 Å². The van der Waals surface area contributed by atoms with Gasteiger partial charge in [-0.3, -0.25) is 4.79 Å². The molecule has 0 spiro atoms. The van der Waals surface area contributed by atoms with E-state index in [4.69, 9.17) is 4.74 Å². The molecule has 1 aromatic rings. The van der Waals surface area contributed by atoms with Gasteiger partial charge in [0.1, 0.15) is 6.10 Å². The van der Waals surface area contributed by atoms with Crippen LogP contribution in [-0.4, -0.2) is 40.7 Å². The van der Waals surface area contributed by atoms with E-state index in [0.717, 1.165) is 18.4 Å². The summed E-state index contributed by atoms with van der Waals surface area (Å²) in [4.78, 5) is 14.2. The van der Waals surface area contributed by atoms with Crippen molar-refractivity contribution in [1.29, 1.82) is 0 Å². The molecule has 0 radical (unpaired) electrons. The molecule has 21 heavy (non-hydrogen) atoms. The number of rotatable bonds is 4. The highest BCUT2D eigenvalue weighted by Crippen LogP contribution is 2.22. The molecule has 2 unspecified atom stereocenters. The number of hydrogen-bond donors (Lipinski definition) is 1. The van der Waals surface area contributed by atoms with E-state index in [-0.39, 0.29) is 5.91 Å². The van der Waals surface area contributed by atoms with E-state index in [1.54, 1.807) is 6.92 Å². The lowest BCUT2D eigenvalue weighted by atomic mass is 9.98. The van der Waals surface area contributed by atoms with Gasteiger partial charge in [0.05, 0.1) is 12.2 Å². The van der Waals surface area contributed by atoms with Crippen molar-refractivity contribution in [2.24, 2.45) is 0 Å². The standard InChI is InChI=1S/C17H25NO3/c1-14(21-13-15-7-4-3-5-8-15)16(19)18-11-6-9-17(2,20)10-12-18/h3-5,7-8,14,20H,6,9-13H2,1-2H3. The Hall–Kier alpha value is -1.39. The highest BCUT2D eigenvalue weighted by molar-refractivity contribution is 5.80. The maximum Gasteiger partial charge on any atom is 0.251 e. The number of ether oxygens (including phenoxy) is 1. The Morgan fingerprint density at radius 1 is 1.33 bits per heavy atom. The van der Waals surface area contributed by atoms with Crippen LogP contribution in [0.3, 0.4) is 0 Å².